The van der Waals surface area contributed by atoms with Crippen LogP contribution >= 0.6 is 11.6 Å². The van der Waals surface area contributed by atoms with Crippen molar-refractivity contribution in [3.8, 4) is 17.2 Å². The third-order valence-corrected chi connectivity index (χ3v) is 7.21. The summed E-state index contributed by atoms with van der Waals surface area (Å²) in [5.74, 6) is -5.03. The monoisotopic (exact) mass is 633 g/mol. The Labute approximate surface area is 257 Å². The van der Waals surface area contributed by atoms with Crippen molar-refractivity contribution in [3.05, 3.63) is 134 Å². The number of alkyl halides is 3. The first-order valence-corrected chi connectivity index (χ1v) is 13.7. The molecule has 12 heteroatoms. The number of fused-ring (bicyclic) bond motifs is 2. The molecule has 45 heavy (non-hydrogen) atoms. The first-order valence-electron chi connectivity index (χ1n) is 13.3. The summed E-state index contributed by atoms with van der Waals surface area (Å²) < 4.78 is 57.6. The Hall–Kier alpha value is -5.42. The Kier molecular flexibility index (Phi) is 7.41. The SMILES string of the molecule is Cc1cccc(Oc2c(C(F)(F)F)oc3cc(OC(=O)c4ccc5c(c4)C(=O)N(Cc4ccc(Cl)cc4)C5=O)ccc3c2=O)c1. The predicted octanol–water partition coefficient (Wildman–Crippen LogP) is 7.58. The van der Waals surface area contributed by atoms with Gasteiger partial charge in [-0.3, -0.25) is 19.3 Å². The molecule has 0 fully saturated rings. The van der Waals surface area contributed by atoms with E-state index in [9.17, 15) is 32.3 Å². The van der Waals surface area contributed by atoms with Crippen molar-refractivity contribution in [2.45, 2.75) is 19.6 Å². The number of ether oxygens (including phenoxy) is 2. The van der Waals surface area contributed by atoms with Crippen LogP contribution in [0.3, 0.4) is 0 Å². The number of hydrogen-bond donors (Lipinski definition) is 0. The lowest BCUT2D eigenvalue weighted by Gasteiger charge is -2.14. The van der Waals surface area contributed by atoms with Crippen LogP contribution in [0.25, 0.3) is 11.0 Å². The van der Waals surface area contributed by atoms with Crippen LogP contribution in [-0.2, 0) is 12.7 Å². The second-order valence-corrected chi connectivity index (χ2v) is 10.6. The van der Waals surface area contributed by atoms with Gasteiger partial charge in [0.2, 0.25) is 11.2 Å². The van der Waals surface area contributed by atoms with Crippen molar-refractivity contribution in [3.63, 3.8) is 0 Å². The molecule has 1 aliphatic heterocycles. The number of aryl methyl sites for hydroxylation is 1. The fourth-order valence-corrected chi connectivity index (χ4v) is 4.92. The second-order valence-electron chi connectivity index (χ2n) is 10.1. The van der Waals surface area contributed by atoms with Crippen LogP contribution < -0.4 is 14.9 Å². The molecule has 6 rings (SSSR count). The summed E-state index contributed by atoms with van der Waals surface area (Å²) in [6, 6.07) is 19.9. The van der Waals surface area contributed by atoms with E-state index in [2.05, 4.69) is 0 Å². The standard InChI is InChI=1S/C33H19ClF3NO7/c1-17-3-2-4-21(13-17)43-28-27(39)24-12-10-22(15-26(24)45-29(28)33(35,36)37)44-32(42)19-7-11-23-25(14-19)31(41)38(30(23)40)16-18-5-8-20(34)9-6-18/h2-15H,16H2,1H3. The zero-order valence-corrected chi connectivity index (χ0v) is 23.9. The maximum Gasteiger partial charge on any atom is 0.453 e. The molecule has 2 heterocycles. The van der Waals surface area contributed by atoms with Crippen LogP contribution in [0, 0.1) is 6.92 Å². The summed E-state index contributed by atoms with van der Waals surface area (Å²) in [5, 5.41) is 0.253. The molecule has 4 aromatic carbocycles. The molecule has 1 aromatic heterocycles. The predicted molar refractivity (Wildman–Crippen MR) is 156 cm³/mol. The molecule has 2 amide bonds. The largest absolute Gasteiger partial charge is 0.453 e. The van der Waals surface area contributed by atoms with Gasteiger partial charge in [-0.05, 0) is 72.6 Å². The van der Waals surface area contributed by atoms with E-state index in [0.717, 1.165) is 17.0 Å². The van der Waals surface area contributed by atoms with Crippen molar-refractivity contribution in [1.82, 2.24) is 4.90 Å². The highest BCUT2D eigenvalue weighted by atomic mass is 35.5. The quantitative estimate of drug-likeness (QED) is 0.108. The minimum atomic E-state index is -5.09. The lowest BCUT2D eigenvalue weighted by molar-refractivity contribution is -0.154. The van der Waals surface area contributed by atoms with E-state index in [0.29, 0.717) is 16.1 Å². The van der Waals surface area contributed by atoms with Crippen LogP contribution in [0.4, 0.5) is 13.2 Å². The summed E-state index contributed by atoms with van der Waals surface area (Å²) in [4.78, 5) is 53.0. The Morgan fingerprint density at radius 3 is 2.31 bits per heavy atom. The lowest BCUT2D eigenvalue weighted by atomic mass is 10.1. The molecular formula is C33H19ClF3NO7. The van der Waals surface area contributed by atoms with Crippen molar-refractivity contribution in [2.24, 2.45) is 0 Å². The number of nitrogens with zero attached hydrogens (tertiary/aromatic N) is 1. The highest BCUT2D eigenvalue weighted by Gasteiger charge is 2.41. The van der Waals surface area contributed by atoms with Crippen molar-refractivity contribution in [2.75, 3.05) is 0 Å². The third-order valence-electron chi connectivity index (χ3n) is 6.96. The molecule has 0 radical (unpaired) electrons. The van der Waals surface area contributed by atoms with Crippen LogP contribution in [0.5, 0.6) is 17.2 Å². The summed E-state index contributed by atoms with van der Waals surface area (Å²) >= 11 is 5.90. The molecule has 8 nitrogen and oxygen atoms in total. The van der Waals surface area contributed by atoms with Gasteiger partial charge in [0.15, 0.2) is 0 Å². The molecule has 5 aromatic rings. The smallest absolute Gasteiger partial charge is 0.449 e. The average Bonchev–Trinajstić information content (AvgIpc) is 3.23. The number of carbonyl (C=O) groups is 3. The third kappa shape index (κ3) is 5.77. The number of rotatable bonds is 6. The number of halogens is 4. The number of hydrogen-bond acceptors (Lipinski definition) is 7. The normalized spacial score (nSPS) is 12.9. The summed E-state index contributed by atoms with van der Waals surface area (Å²) in [7, 11) is 0. The van der Waals surface area contributed by atoms with Gasteiger partial charge in [-0.25, -0.2) is 4.79 Å². The molecule has 0 bridgehead atoms. The minimum absolute atomic E-state index is 0.0103. The van der Waals surface area contributed by atoms with E-state index in [1.165, 1.54) is 36.4 Å². The fraction of sp³-hybridized carbons (Fsp3) is 0.0909. The number of carbonyl (C=O) groups excluding carboxylic acids is 3. The van der Waals surface area contributed by atoms with Crippen molar-refractivity contribution >= 4 is 40.4 Å². The Bertz CT molecular complexity index is 2090. The Balaban J connectivity index is 1.27. The van der Waals surface area contributed by atoms with E-state index in [4.69, 9.17) is 25.5 Å². The molecule has 226 valence electrons. The topological polar surface area (TPSA) is 103 Å². The maximum atomic E-state index is 13.9. The maximum absolute atomic E-state index is 13.9. The van der Waals surface area contributed by atoms with Crippen LogP contribution in [-0.4, -0.2) is 22.7 Å². The molecule has 0 unspecified atom stereocenters. The molecule has 0 N–H and O–H groups in total. The number of esters is 1. The van der Waals surface area contributed by atoms with Crippen molar-refractivity contribution in [1.29, 1.82) is 0 Å². The zero-order chi connectivity index (χ0) is 32.0. The van der Waals surface area contributed by atoms with Gasteiger partial charge in [-0.2, -0.15) is 13.2 Å². The first kappa shape index (κ1) is 29.6. The van der Waals surface area contributed by atoms with Gasteiger partial charge >= 0.3 is 12.1 Å². The van der Waals surface area contributed by atoms with Crippen LogP contribution in [0.15, 0.2) is 94.1 Å². The van der Waals surface area contributed by atoms with Crippen molar-refractivity contribution < 1.29 is 41.4 Å². The molecule has 0 saturated carbocycles. The molecular weight excluding hydrogens is 615 g/mol. The van der Waals surface area contributed by atoms with E-state index >= 15 is 0 Å². The van der Waals surface area contributed by atoms with Crippen LogP contribution in [0.2, 0.25) is 5.02 Å². The van der Waals surface area contributed by atoms with Gasteiger partial charge in [-0.1, -0.05) is 35.9 Å². The van der Waals surface area contributed by atoms with E-state index in [1.54, 1.807) is 43.3 Å². The van der Waals surface area contributed by atoms with Gasteiger partial charge in [0.25, 0.3) is 17.6 Å². The summed E-state index contributed by atoms with van der Waals surface area (Å²) in [6.45, 7) is 1.70. The Morgan fingerprint density at radius 2 is 1.60 bits per heavy atom. The minimum Gasteiger partial charge on any atom is -0.449 e. The van der Waals surface area contributed by atoms with E-state index < -0.39 is 46.5 Å². The lowest BCUT2D eigenvalue weighted by Crippen LogP contribution is -2.29. The van der Waals surface area contributed by atoms with Gasteiger partial charge in [0, 0.05) is 11.1 Å². The molecule has 0 saturated heterocycles. The Morgan fingerprint density at radius 1 is 0.867 bits per heavy atom. The van der Waals surface area contributed by atoms with E-state index in [-0.39, 0.29) is 40.1 Å². The number of amides is 2. The summed E-state index contributed by atoms with van der Waals surface area (Å²) in [6.07, 6.45) is -5.09. The second kappa shape index (κ2) is 11.3. The highest BCUT2D eigenvalue weighted by Crippen LogP contribution is 2.39. The first-order chi connectivity index (χ1) is 21.4. The molecule has 1 aliphatic rings. The van der Waals surface area contributed by atoms with Gasteiger partial charge in [0.05, 0.1) is 28.6 Å². The fourth-order valence-electron chi connectivity index (χ4n) is 4.80. The summed E-state index contributed by atoms with van der Waals surface area (Å²) in [5.41, 5.74) is -0.214. The van der Waals surface area contributed by atoms with Gasteiger partial charge in [-0.15, -0.1) is 0 Å². The van der Waals surface area contributed by atoms with E-state index in [1.807, 2.05) is 0 Å². The number of benzene rings is 4. The zero-order valence-electron chi connectivity index (χ0n) is 23.1. The number of imide groups is 1. The molecule has 0 atom stereocenters. The molecule has 0 spiro atoms. The highest BCUT2D eigenvalue weighted by molar-refractivity contribution is 6.30. The van der Waals surface area contributed by atoms with Gasteiger partial charge < -0.3 is 13.9 Å². The molecule has 0 aliphatic carbocycles. The van der Waals surface area contributed by atoms with Crippen LogP contribution in [0.1, 0.15) is 48.0 Å². The average molecular weight is 634 g/mol. The van der Waals surface area contributed by atoms with Gasteiger partial charge in [0.1, 0.15) is 17.1 Å².